The zero-order valence-electron chi connectivity index (χ0n) is 17.8. The quantitative estimate of drug-likeness (QED) is 0.396. The van der Waals surface area contributed by atoms with Crippen LogP contribution in [0.4, 0.5) is 0 Å². The molecule has 0 saturated carbocycles. The van der Waals surface area contributed by atoms with Gasteiger partial charge >= 0.3 is 0 Å². The van der Waals surface area contributed by atoms with Crippen LogP contribution in [0.15, 0.2) is 22.5 Å². The second-order valence-electron chi connectivity index (χ2n) is 8.58. The van der Waals surface area contributed by atoms with Crippen LogP contribution in [0.2, 0.25) is 0 Å². The first-order valence-electron chi connectivity index (χ1n) is 11.1. The maximum absolute atomic E-state index is 4.42. The molecule has 2 aliphatic heterocycles. The molecule has 2 N–H and O–H groups in total. The Bertz CT molecular complexity index is 565. The number of hydrogen-bond donors (Lipinski definition) is 2. The van der Waals surface area contributed by atoms with E-state index in [-0.39, 0.29) is 0 Å². The van der Waals surface area contributed by atoms with E-state index in [1.807, 2.05) is 18.4 Å². The summed E-state index contributed by atoms with van der Waals surface area (Å²) in [6.45, 7) is 11.7. The largest absolute Gasteiger partial charge is 0.356 e. The highest BCUT2D eigenvalue weighted by atomic mass is 32.1. The molecule has 2 saturated heterocycles. The molecule has 0 aromatic carbocycles. The van der Waals surface area contributed by atoms with Crippen LogP contribution >= 0.6 is 11.3 Å². The van der Waals surface area contributed by atoms with Crippen LogP contribution in [0.1, 0.15) is 43.9 Å². The first kappa shape index (κ1) is 21.6. The predicted octanol–water partition coefficient (Wildman–Crippen LogP) is 3.25. The number of rotatable bonds is 8. The molecule has 158 valence electrons. The van der Waals surface area contributed by atoms with Gasteiger partial charge in [-0.1, -0.05) is 13.0 Å². The Morgan fingerprint density at radius 3 is 2.79 bits per heavy atom. The first-order chi connectivity index (χ1) is 13.7. The molecule has 2 fully saturated rings. The molecule has 0 radical (unpaired) electrons. The third kappa shape index (κ3) is 7.37. The van der Waals surface area contributed by atoms with Crippen molar-refractivity contribution in [2.75, 3.05) is 52.9 Å². The summed E-state index contributed by atoms with van der Waals surface area (Å²) in [6.07, 6.45) is 6.53. The van der Waals surface area contributed by atoms with E-state index in [1.165, 1.54) is 69.7 Å². The molecule has 1 aromatic heterocycles. The van der Waals surface area contributed by atoms with E-state index in [4.69, 9.17) is 0 Å². The van der Waals surface area contributed by atoms with Gasteiger partial charge in [0.1, 0.15) is 0 Å². The van der Waals surface area contributed by atoms with Crippen LogP contribution in [0.3, 0.4) is 0 Å². The highest BCUT2D eigenvalue weighted by Crippen LogP contribution is 2.20. The van der Waals surface area contributed by atoms with Gasteiger partial charge in [0.15, 0.2) is 5.96 Å². The van der Waals surface area contributed by atoms with Crippen molar-refractivity contribution in [3.05, 3.63) is 22.4 Å². The number of aliphatic imine (C=N–C) groups is 1. The van der Waals surface area contributed by atoms with Crippen LogP contribution in [0, 0.1) is 11.8 Å². The zero-order valence-corrected chi connectivity index (χ0v) is 18.6. The Hall–Kier alpha value is -1.11. The Labute approximate surface area is 175 Å². The third-order valence-corrected chi connectivity index (χ3v) is 7.03. The summed E-state index contributed by atoms with van der Waals surface area (Å²) in [5.74, 6) is 2.59. The average molecular weight is 406 g/mol. The van der Waals surface area contributed by atoms with Crippen molar-refractivity contribution in [3.8, 4) is 0 Å². The molecule has 1 aromatic rings. The lowest BCUT2D eigenvalue weighted by Gasteiger charge is -2.32. The molecule has 0 aliphatic carbocycles. The van der Waals surface area contributed by atoms with E-state index in [0.29, 0.717) is 5.92 Å². The second kappa shape index (κ2) is 11.8. The molecule has 28 heavy (non-hydrogen) atoms. The summed E-state index contributed by atoms with van der Waals surface area (Å²) < 4.78 is 0. The van der Waals surface area contributed by atoms with Crippen LogP contribution in [0.5, 0.6) is 0 Å². The molecule has 0 bridgehead atoms. The summed E-state index contributed by atoms with van der Waals surface area (Å²) >= 11 is 1.87. The van der Waals surface area contributed by atoms with Gasteiger partial charge in [0.25, 0.3) is 0 Å². The molecular formula is C22H39N5S. The van der Waals surface area contributed by atoms with Crippen molar-refractivity contribution in [2.45, 2.75) is 45.6 Å². The number of hydrogen-bond acceptors (Lipinski definition) is 4. The van der Waals surface area contributed by atoms with Gasteiger partial charge in [-0.15, -0.1) is 11.3 Å². The van der Waals surface area contributed by atoms with Gasteiger partial charge in [0, 0.05) is 38.1 Å². The minimum absolute atomic E-state index is 0.711. The van der Waals surface area contributed by atoms with E-state index in [1.54, 1.807) is 0 Å². The van der Waals surface area contributed by atoms with Crippen LogP contribution in [-0.4, -0.2) is 68.6 Å². The average Bonchev–Trinajstić information content (AvgIpc) is 3.22. The fourth-order valence-electron chi connectivity index (χ4n) is 4.34. The minimum Gasteiger partial charge on any atom is -0.356 e. The fourth-order valence-corrected chi connectivity index (χ4v) is 5.09. The van der Waals surface area contributed by atoms with Gasteiger partial charge in [-0.2, -0.15) is 0 Å². The summed E-state index contributed by atoms with van der Waals surface area (Å²) in [7, 11) is 1.88. The Balaban J connectivity index is 1.29. The van der Waals surface area contributed by atoms with Gasteiger partial charge in [-0.3, -0.25) is 9.89 Å². The van der Waals surface area contributed by atoms with Crippen molar-refractivity contribution in [1.29, 1.82) is 0 Å². The van der Waals surface area contributed by atoms with Crippen molar-refractivity contribution < 1.29 is 0 Å². The molecule has 1 unspecified atom stereocenters. The van der Waals surface area contributed by atoms with Gasteiger partial charge in [0.05, 0.1) is 0 Å². The SMILES string of the molecule is CN=C(NCCCN1CCC(C)CC1)NCC1CCCN(Cc2cccs2)C1. The summed E-state index contributed by atoms with van der Waals surface area (Å²) in [5, 5.41) is 9.25. The van der Waals surface area contributed by atoms with E-state index >= 15 is 0 Å². The zero-order chi connectivity index (χ0) is 19.6. The third-order valence-electron chi connectivity index (χ3n) is 6.16. The smallest absolute Gasteiger partial charge is 0.190 e. The van der Waals surface area contributed by atoms with Crippen molar-refractivity contribution in [1.82, 2.24) is 20.4 Å². The highest BCUT2D eigenvalue weighted by molar-refractivity contribution is 7.09. The monoisotopic (exact) mass is 405 g/mol. The first-order valence-corrected chi connectivity index (χ1v) is 12.0. The number of piperidine rings is 2. The van der Waals surface area contributed by atoms with Crippen molar-refractivity contribution >= 4 is 17.3 Å². The van der Waals surface area contributed by atoms with Crippen molar-refractivity contribution in [3.63, 3.8) is 0 Å². The molecule has 0 spiro atoms. The van der Waals surface area contributed by atoms with Gasteiger partial charge in [0.2, 0.25) is 0 Å². The number of nitrogens with one attached hydrogen (secondary N) is 2. The number of nitrogens with zero attached hydrogens (tertiary/aromatic N) is 3. The lowest BCUT2D eigenvalue weighted by atomic mass is 9.98. The van der Waals surface area contributed by atoms with E-state index in [0.717, 1.165) is 31.5 Å². The summed E-state index contributed by atoms with van der Waals surface area (Å²) in [4.78, 5) is 11.1. The van der Waals surface area contributed by atoms with E-state index in [9.17, 15) is 0 Å². The van der Waals surface area contributed by atoms with Crippen LogP contribution < -0.4 is 10.6 Å². The van der Waals surface area contributed by atoms with Crippen LogP contribution in [-0.2, 0) is 6.54 Å². The maximum Gasteiger partial charge on any atom is 0.190 e. The van der Waals surface area contributed by atoms with Crippen LogP contribution in [0.25, 0.3) is 0 Å². The normalized spacial score (nSPS) is 23.1. The molecule has 6 heteroatoms. The van der Waals surface area contributed by atoms with Crippen molar-refractivity contribution in [2.24, 2.45) is 16.8 Å². The Morgan fingerprint density at radius 2 is 2.04 bits per heavy atom. The highest BCUT2D eigenvalue weighted by Gasteiger charge is 2.20. The summed E-state index contributed by atoms with van der Waals surface area (Å²) in [5.41, 5.74) is 0. The Kier molecular flexibility index (Phi) is 9.09. The lowest BCUT2D eigenvalue weighted by Crippen LogP contribution is -2.44. The molecule has 5 nitrogen and oxygen atoms in total. The Morgan fingerprint density at radius 1 is 1.18 bits per heavy atom. The number of likely N-dealkylation sites (tertiary alicyclic amines) is 2. The molecule has 3 heterocycles. The van der Waals surface area contributed by atoms with Gasteiger partial charge < -0.3 is 15.5 Å². The molecule has 3 rings (SSSR count). The van der Waals surface area contributed by atoms with E-state index < -0.39 is 0 Å². The number of thiophene rings is 1. The molecule has 1 atom stereocenters. The summed E-state index contributed by atoms with van der Waals surface area (Å²) in [6, 6.07) is 4.41. The second-order valence-corrected chi connectivity index (χ2v) is 9.61. The standard InChI is InChI=1S/C22H39N5S/c1-19-8-13-26(14-9-19)12-5-10-24-22(23-2)25-16-20-6-3-11-27(17-20)18-21-7-4-15-28-21/h4,7,15,19-20H,3,5-6,8-14,16-18H2,1-2H3,(H2,23,24,25). The van der Waals surface area contributed by atoms with Gasteiger partial charge in [-0.05, 0) is 81.6 Å². The molecule has 2 aliphatic rings. The topological polar surface area (TPSA) is 42.9 Å². The lowest BCUT2D eigenvalue weighted by molar-refractivity contribution is 0.169. The molecule has 0 amide bonds. The van der Waals surface area contributed by atoms with Gasteiger partial charge in [-0.25, -0.2) is 0 Å². The predicted molar refractivity (Wildman–Crippen MR) is 121 cm³/mol. The molecular weight excluding hydrogens is 366 g/mol. The van der Waals surface area contributed by atoms with E-state index in [2.05, 4.69) is 49.9 Å². The maximum atomic E-state index is 4.42. The fraction of sp³-hybridized carbons (Fsp3) is 0.773. The minimum atomic E-state index is 0.711. The number of guanidine groups is 1.